The highest BCUT2D eigenvalue weighted by Gasteiger charge is 2.07. The van der Waals surface area contributed by atoms with Gasteiger partial charge in [0.1, 0.15) is 0 Å². The van der Waals surface area contributed by atoms with Gasteiger partial charge in [-0.1, -0.05) is 29.7 Å². The van der Waals surface area contributed by atoms with E-state index in [1.165, 1.54) is 16.7 Å². The second-order valence-electron chi connectivity index (χ2n) is 6.15. The van der Waals surface area contributed by atoms with Crippen LogP contribution in [0.5, 0.6) is 0 Å². The third-order valence-electron chi connectivity index (χ3n) is 2.81. The monoisotopic (exact) mass is 243 g/mol. The highest BCUT2D eigenvalue weighted by Crippen LogP contribution is 2.14. The SMILES string of the molecule is Cc1ccc(C)c(CC(N)CC#CC(C)(C)C)c1. The standard InChI is InChI=1S/C17H25N/c1-13-8-9-14(2)15(11-13)12-16(18)7-6-10-17(3,4)5/h8-9,11,16H,7,12,18H2,1-5H3. The molecule has 0 amide bonds. The second kappa shape index (κ2) is 6.07. The van der Waals surface area contributed by atoms with E-state index < -0.39 is 0 Å². The van der Waals surface area contributed by atoms with E-state index in [-0.39, 0.29) is 11.5 Å². The minimum Gasteiger partial charge on any atom is -0.327 e. The van der Waals surface area contributed by atoms with Gasteiger partial charge in [-0.05, 0) is 52.2 Å². The molecule has 0 aliphatic carbocycles. The molecule has 1 nitrogen and oxygen atoms in total. The number of benzene rings is 1. The van der Waals surface area contributed by atoms with Gasteiger partial charge in [0.2, 0.25) is 0 Å². The molecule has 1 heteroatoms. The van der Waals surface area contributed by atoms with Crippen LogP contribution in [0.3, 0.4) is 0 Å². The van der Waals surface area contributed by atoms with Crippen molar-refractivity contribution in [3.8, 4) is 11.8 Å². The molecule has 0 saturated heterocycles. The number of rotatable bonds is 3. The minimum atomic E-state index is 0.0684. The number of aryl methyl sites for hydroxylation is 2. The molecule has 0 radical (unpaired) electrons. The molecule has 0 heterocycles. The predicted octanol–water partition coefficient (Wildman–Crippen LogP) is 3.61. The molecule has 18 heavy (non-hydrogen) atoms. The predicted molar refractivity (Wildman–Crippen MR) is 79.4 cm³/mol. The fraction of sp³-hybridized carbons (Fsp3) is 0.529. The number of nitrogens with two attached hydrogens (primary N) is 1. The average molecular weight is 243 g/mol. The van der Waals surface area contributed by atoms with Gasteiger partial charge >= 0.3 is 0 Å². The Labute approximate surface area is 112 Å². The van der Waals surface area contributed by atoms with Crippen LogP contribution in [0.2, 0.25) is 0 Å². The summed E-state index contributed by atoms with van der Waals surface area (Å²) in [6.45, 7) is 10.6. The van der Waals surface area contributed by atoms with Crippen molar-refractivity contribution in [1.29, 1.82) is 0 Å². The summed E-state index contributed by atoms with van der Waals surface area (Å²) in [7, 11) is 0. The van der Waals surface area contributed by atoms with E-state index in [1.807, 2.05) is 0 Å². The highest BCUT2D eigenvalue weighted by atomic mass is 14.6. The summed E-state index contributed by atoms with van der Waals surface area (Å²) in [4.78, 5) is 0. The van der Waals surface area contributed by atoms with Gasteiger partial charge in [-0.25, -0.2) is 0 Å². The van der Waals surface area contributed by atoms with Crippen LogP contribution in [0.25, 0.3) is 0 Å². The summed E-state index contributed by atoms with van der Waals surface area (Å²) >= 11 is 0. The zero-order valence-electron chi connectivity index (χ0n) is 12.3. The molecule has 0 aliphatic heterocycles. The van der Waals surface area contributed by atoms with Crippen molar-refractivity contribution in [3.05, 3.63) is 34.9 Å². The van der Waals surface area contributed by atoms with E-state index >= 15 is 0 Å². The van der Waals surface area contributed by atoms with Crippen LogP contribution in [0.15, 0.2) is 18.2 Å². The van der Waals surface area contributed by atoms with Crippen LogP contribution in [-0.2, 0) is 6.42 Å². The Morgan fingerprint density at radius 3 is 2.50 bits per heavy atom. The van der Waals surface area contributed by atoms with Crippen molar-refractivity contribution in [2.75, 3.05) is 0 Å². The Kier molecular flexibility index (Phi) is 4.99. The Bertz CT molecular complexity index is 455. The van der Waals surface area contributed by atoms with Crippen LogP contribution in [0, 0.1) is 31.1 Å². The Balaban J connectivity index is 2.61. The largest absolute Gasteiger partial charge is 0.327 e. The molecule has 2 N–H and O–H groups in total. The van der Waals surface area contributed by atoms with Crippen molar-refractivity contribution in [3.63, 3.8) is 0 Å². The molecule has 1 aromatic carbocycles. The van der Waals surface area contributed by atoms with Crippen molar-refractivity contribution in [1.82, 2.24) is 0 Å². The molecule has 1 rings (SSSR count). The molecule has 0 bridgehead atoms. The van der Waals surface area contributed by atoms with Gasteiger partial charge in [0, 0.05) is 17.9 Å². The maximum absolute atomic E-state index is 6.15. The molecule has 98 valence electrons. The van der Waals surface area contributed by atoms with Gasteiger partial charge in [0.05, 0.1) is 0 Å². The van der Waals surface area contributed by atoms with Crippen molar-refractivity contribution < 1.29 is 0 Å². The van der Waals surface area contributed by atoms with Gasteiger partial charge in [-0.2, -0.15) is 0 Å². The summed E-state index contributed by atoms with van der Waals surface area (Å²) in [5, 5.41) is 0. The molecule has 1 unspecified atom stereocenters. The first-order chi connectivity index (χ1) is 8.28. The van der Waals surface area contributed by atoms with Gasteiger partial charge in [0.25, 0.3) is 0 Å². The average Bonchev–Trinajstić information content (AvgIpc) is 2.21. The van der Waals surface area contributed by atoms with Crippen LogP contribution < -0.4 is 5.73 Å². The van der Waals surface area contributed by atoms with E-state index in [0.717, 1.165) is 12.8 Å². The van der Waals surface area contributed by atoms with Gasteiger partial charge < -0.3 is 5.73 Å². The van der Waals surface area contributed by atoms with Crippen LogP contribution >= 0.6 is 0 Å². The quantitative estimate of drug-likeness (QED) is 0.806. The van der Waals surface area contributed by atoms with E-state index in [0.29, 0.717) is 0 Å². The van der Waals surface area contributed by atoms with Gasteiger partial charge in [0.15, 0.2) is 0 Å². The van der Waals surface area contributed by atoms with Crippen LogP contribution in [0.1, 0.15) is 43.9 Å². The van der Waals surface area contributed by atoms with E-state index in [1.54, 1.807) is 0 Å². The van der Waals surface area contributed by atoms with Crippen molar-refractivity contribution >= 4 is 0 Å². The first-order valence-corrected chi connectivity index (χ1v) is 6.59. The molecular weight excluding hydrogens is 218 g/mol. The second-order valence-corrected chi connectivity index (χ2v) is 6.15. The fourth-order valence-electron chi connectivity index (χ4n) is 1.82. The van der Waals surface area contributed by atoms with Crippen LogP contribution in [0.4, 0.5) is 0 Å². The van der Waals surface area contributed by atoms with E-state index in [4.69, 9.17) is 5.73 Å². The minimum absolute atomic E-state index is 0.0684. The smallest absolute Gasteiger partial charge is 0.0244 e. The molecule has 0 spiro atoms. The van der Waals surface area contributed by atoms with Crippen molar-refractivity contribution in [2.24, 2.45) is 11.1 Å². The first-order valence-electron chi connectivity index (χ1n) is 6.59. The molecule has 0 fully saturated rings. The third-order valence-corrected chi connectivity index (χ3v) is 2.81. The van der Waals surface area contributed by atoms with Crippen molar-refractivity contribution in [2.45, 2.75) is 53.5 Å². The Morgan fingerprint density at radius 2 is 1.89 bits per heavy atom. The molecular formula is C17H25N. The lowest BCUT2D eigenvalue weighted by Gasteiger charge is -2.12. The maximum atomic E-state index is 6.15. The summed E-state index contributed by atoms with van der Waals surface area (Å²) in [6.07, 6.45) is 1.68. The molecule has 0 saturated carbocycles. The summed E-state index contributed by atoms with van der Waals surface area (Å²) in [5.41, 5.74) is 10.2. The van der Waals surface area contributed by atoms with Gasteiger partial charge in [-0.3, -0.25) is 0 Å². The number of hydrogen-bond acceptors (Lipinski definition) is 1. The lowest BCUT2D eigenvalue weighted by Crippen LogP contribution is -2.22. The Morgan fingerprint density at radius 1 is 1.22 bits per heavy atom. The number of hydrogen-bond donors (Lipinski definition) is 1. The third kappa shape index (κ3) is 5.38. The highest BCUT2D eigenvalue weighted by molar-refractivity contribution is 5.31. The molecule has 1 atom stereocenters. The zero-order chi connectivity index (χ0) is 13.8. The summed E-state index contributed by atoms with van der Waals surface area (Å²) in [6, 6.07) is 6.66. The lowest BCUT2D eigenvalue weighted by atomic mass is 9.96. The molecule has 0 aromatic heterocycles. The maximum Gasteiger partial charge on any atom is 0.0244 e. The topological polar surface area (TPSA) is 26.0 Å². The Hall–Kier alpha value is -1.26. The first kappa shape index (κ1) is 14.8. The van der Waals surface area contributed by atoms with Crippen LogP contribution in [-0.4, -0.2) is 6.04 Å². The lowest BCUT2D eigenvalue weighted by molar-refractivity contribution is 0.569. The molecule has 0 aliphatic rings. The summed E-state index contributed by atoms with van der Waals surface area (Å²) in [5.74, 6) is 6.44. The normalized spacial score (nSPS) is 12.8. The van der Waals surface area contributed by atoms with E-state index in [2.05, 4.69) is 64.7 Å². The van der Waals surface area contributed by atoms with Gasteiger partial charge in [-0.15, -0.1) is 5.92 Å². The summed E-state index contributed by atoms with van der Waals surface area (Å²) < 4.78 is 0. The molecule has 1 aromatic rings. The fourth-order valence-corrected chi connectivity index (χ4v) is 1.82. The zero-order valence-corrected chi connectivity index (χ0v) is 12.3. The van der Waals surface area contributed by atoms with E-state index in [9.17, 15) is 0 Å².